The third-order valence-electron chi connectivity index (χ3n) is 3.73. The highest BCUT2D eigenvalue weighted by molar-refractivity contribution is 5.82. The van der Waals surface area contributed by atoms with Crippen molar-refractivity contribution in [1.29, 1.82) is 0 Å². The number of aryl methyl sites for hydroxylation is 1. The van der Waals surface area contributed by atoms with Crippen LogP contribution in [0.2, 0.25) is 0 Å². The number of hydrogen-bond donors (Lipinski definition) is 0. The Labute approximate surface area is 136 Å². The molecule has 0 aliphatic carbocycles. The molecule has 0 aliphatic rings. The minimum atomic E-state index is 0.719. The highest BCUT2D eigenvalue weighted by Crippen LogP contribution is 2.31. The van der Waals surface area contributed by atoms with E-state index in [1.807, 2.05) is 42.5 Å². The molecule has 23 heavy (non-hydrogen) atoms. The zero-order valence-electron chi connectivity index (χ0n) is 13.5. The Morgan fingerprint density at radius 1 is 0.913 bits per heavy atom. The number of rotatable bonds is 4. The first-order valence-electron chi connectivity index (χ1n) is 7.48. The summed E-state index contributed by atoms with van der Waals surface area (Å²) in [5.41, 5.74) is 4.10. The topological polar surface area (TPSA) is 31.4 Å². The van der Waals surface area contributed by atoms with Crippen molar-refractivity contribution >= 4 is 23.1 Å². The molecule has 0 atom stereocenters. The molecule has 3 nitrogen and oxygen atoms in total. The summed E-state index contributed by atoms with van der Waals surface area (Å²) < 4.78 is 10.8. The number of ether oxygens (including phenoxy) is 2. The van der Waals surface area contributed by atoms with Crippen molar-refractivity contribution in [1.82, 2.24) is 4.98 Å². The van der Waals surface area contributed by atoms with Crippen LogP contribution >= 0.6 is 0 Å². The van der Waals surface area contributed by atoms with Gasteiger partial charge >= 0.3 is 0 Å². The molecule has 0 unspecified atom stereocenters. The van der Waals surface area contributed by atoms with E-state index in [0.29, 0.717) is 0 Å². The molecule has 0 saturated carbocycles. The molecule has 0 radical (unpaired) electrons. The van der Waals surface area contributed by atoms with Gasteiger partial charge in [-0.25, -0.2) is 4.98 Å². The van der Waals surface area contributed by atoms with Crippen LogP contribution in [0, 0.1) is 6.92 Å². The van der Waals surface area contributed by atoms with Crippen LogP contribution in [0.3, 0.4) is 0 Å². The van der Waals surface area contributed by atoms with E-state index in [2.05, 4.69) is 30.1 Å². The molecule has 0 fully saturated rings. The second kappa shape index (κ2) is 6.53. The first-order chi connectivity index (χ1) is 11.2. The predicted molar refractivity (Wildman–Crippen MR) is 95.0 cm³/mol. The Morgan fingerprint density at radius 2 is 1.78 bits per heavy atom. The third-order valence-corrected chi connectivity index (χ3v) is 3.73. The van der Waals surface area contributed by atoms with E-state index < -0.39 is 0 Å². The molecule has 0 saturated heterocycles. The van der Waals surface area contributed by atoms with Gasteiger partial charge < -0.3 is 9.47 Å². The third kappa shape index (κ3) is 3.19. The highest BCUT2D eigenvalue weighted by Gasteiger charge is 2.06. The summed E-state index contributed by atoms with van der Waals surface area (Å²) in [6.45, 7) is 2.09. The van der Waals surface area contributed by atoms with Crippen molar-refractivity contribution in [2.24, 2.45) is 0 Å². The van der Waals surface area contributed by atoms with Gasteiger partial charge in [0.1, 0.15) is 0 Å². The second-order valence-corrected chi connectivity index (χ2v) is 5.35. The Bertz CT molecular complexity index is 869. The second-order valence-electron chi connectivity index (χ2n) is 5.35. The Kier molecular flexibility index (Phi) is 4.29. The largest absolute Gasteiger partial charge is 0.493 e. The van der Waals surface area contributed by atoms with Gasteiger partial charge in [0.05, 0.1) is 25.4 Å². The SMILES string of the molecule is COc1cccc(C=Cc2ccc3cc(C)ccc3n2)c1OC. The molecule has 0 spiro atoms. The summed E-state index contributed by atoms with van der Waals surface area (Å²) in [7, 11) is 3.28. The van der Waals surface area contributed by atoms with Crippen molar-refractivity contribution in [2.45, 2.75) is 6.92 Å². The van der Waals surface area contributed by atoms with Gasteiger partial charge in [-0.1, -0.05) is 29.8 Å². The average Bonchev–Trinajstić information content (AvgIpc) is 2.59. The molecular formula is C20H19NO2. The van der Waals surface area contributed by atoms with E-state index in [4.69, 9.17) is 9.47 Å². The van der Waals surface area contributed by atoms with E-state index in [1.165, 1.54) is 5.56 Å². The predicted octanol–water partition coefficient (Wildman–Crippen LogP) is 4.73. The van der Waals surface area contributed by atoms with E-state index in [-0.39, 0.29) is 0 Å². The van der Waals surface area contributed by atoms with Crippen LogP contribution in [0.5, 0.6) is 11.5 Å². The minimum absolute atomic E-state index is 0.719. The number of hydrogen-bond acceptors (Lipinski definition) is 3. The average molecular weight is 305 g/mol. The van der Waals surface area contributed by atoms with Crippen LogP contribution in [0.4, 0.5) is 0 Å². The molecule has 116 valence electrons. The summed E-state index contributed by atoms with van der Waals surface area (Å²) in [4.78, 5) is 4.67. The van der Waals surface area contributed by atoms with E-state index in [1.54, 1.807) is 14.2 Å². The molecule has 0 N–H and O–H groups in total. The number of fused-ring (bicyclic) bond motifs is 1. The zero-order valence-corrected chi connectivity index (χ0v) is 13.5. The van der Waals surface area contributed by atoms with Crippen molar-refractivity contribution in [2.75, 3.05) is 14.2 Å². The highest BCUT2D eigenvalue weighted by atomic mass is 16.5. The van der Waals surface area contributed by atoms with Crippen molar-refractivity contribution in [3.63, 3.8) is 0 Å². The molecule has 0 amide bonds. The van der Waals surface area contributed by atoms with Gasteiger partial charge in [-0.2, -0.15) is 0 Å². The number of benzene rings is 2. The van der Waals surface area contributed by atoms with Gasteiger partial charge in [0.15, 0.2) is 11.5 Å². The lowest BCUT2D eigenvalue weighted by molar-refractivity contribution is 0.354. The number of para-hydroxylation sites is 1. The van der Waals surface area contributed by atoms with Crippen LogP contribution in [-0.4, -0.2) is 19.2 Å². The summed E-state index contributed by atoms with van der Waals surface area (Å²) >= 11 is 0. The Balaban J connectivity index is 1.95. The van der Waals surface area contributed by atoms with Gasteiger partial charge in [-0.3, -0.25) is 0 Å². The fourth-order valence-corrected chi connectivity index (χ4v) is 2.57. The number of pyridine rings is 1. The molecule has 2 aromatic carbocycles. The Hall–Kier alpha value is -2.81. The van der Waals surface area contributed by atoms with Gasteiger partial charge in [-0.15, -0.1) is 0 Å². The lowest BCUT2D eigenvalue weighted by Gasteiger charge is -2.09. The smallest absolute Gasteiger partial charge is 0.167 e. The lowest BCUT2D eigenvalue weighted by atomic mass is 10.1. The molecule has 3 heteroatoms. The van der Waals surface area contributed by atoms with Crippen LogP contribution in [0.25, 0.3) is 23.1 Å². The molecule has 3 rings (SSSR count). The van der Waals surface area contributed by atoms with Crippen molar-refractivity contribution in [3.05, 3.63) is 65.4 Å². The standard InChI is InChI=1S/C20H19NO2/c1-14-7-12-18-16(13-14)9-11-17(21-18)10-8-15-5-4-6-19(22-2)20(15)23-3/h4-13H,1-3H3. The van der Waals surface area contributed by atoms with Gasteiger partial charge in [0.25, 0.3) is 0 Å². The molecule has 3 aromatic rings. The summed E-state index contributed by atoms with van der Waals surface area (Å²) in [5, 5.41) is 1.15. The van der Waals surface area contributed by atoms with E-state index in [9.17, 15) is 0 Å². The maximum atomic E-state index is 5.44. The monoisotopic (exact) mass is 305 g/mol. The number of aromatic nitrogens is 1. The first-order valence-corrected chi connectivity index (χ1v) is 7.48. The maximum Gasteiger partial charge on any atom is 0.167 e. The first kappa shape index (κ1) is 15.1. The molecule has 1 heterocycles. The summed E-state index contributed by atoms with van der Waals surface area (Å²) in [6.07, 6.45) is 3.97. The molecule has 0 bridgehead atoms. The fourth-order valence-electron chi connectivity index (χ4n) is 2.57. The molecular weight excluding hydrogens is 286 g/mol. The fraction of sp³-hybridized carbons (Fsp3) is 0.150. The quantitative estimate of drug-likeness (QED) is 0.698. The summed E-state index contributed by atoms with van der Waals surface area (Å²) in [6, 6.07) is 16.2. The zero-order chi connectivity index (χ0) is 16.2. The van der Waals surface area contributed by atoms with E-state index in [0.717, 1.165) is 33.7 Å². The van der Waals surface area contributed by atoms with Crippen LogP contribution in [-0.2, 0) is 0 Å². The maximum absolute atomic E-state index is 5.44. The van der Waals surface area contributed by atoms with Gasteiger partial charge in [0, 0.05) is 10.9 Å². The van der Waals surface area contributed by atoms with Gasteiger partial charge in [0.2, 0.25) is 0 Å². The van der Waals surface area contributed by atoms with Crippen LogP contribution in [0.1, 0.15) is 16.8 Å². The molecule has 0 aliphatic heterocycles. The molecule has 1 aromatic heterocycles. The van der Waals surface area contributed by atoms with Crippen LogP contribution < -0.4 is 9.47 Å². The normalized spacial score (nSPS) is 11.1. The minimum Gasteiger partial charge on any atom is -0.493 e. The Morgan fingerprint density at radius 3 is 2.57 bits per heavy atom. The van der Waals surface area contributed by atoms with Crippen molar-refractivity contribution < 1.29 is 9.47 Å². The lowest BCUT2D eigenvalue weighted by Crippen LogP contribution is -1.92. The van der Waals surface area contributed by atoms with E-state index >= 15 is 0 Å². The number of methoxy groups -OCH3 is 2. The van der Waals surface area contributed by atoms with Crippen LogP contribution in [0.15, 0.2) is 48.5 Å². The number of nitrogens with zero attached hydrogens (tertiary/aromatic N) is 1. The van der Waals surface area contributed by atoms with Crippen molar-refractivity contribution in [3.8, 4) is 11.5 Å². The van der Waals surface area contributed by atoms with Gasteiger partial charge in [-0.05, 0) is 43.3 Å². The summed E-state index contributed by atoms with van der Waals surface area (Å²) in [5.74, 6) is 1.44.